The Kier molecular flexibility index (Phi) is 6.47. The van der Waals surface area contributed by atoms with Gasteiger partial charge in [0.1, 0.15) is 6.54 Å². The number of guanidine groups is 1. The number of aromatic nitrogens is 2. The van der Waals surface area contributed by atoms with Gasteiger partial charge in [0.2, 0.25) is 5.91 Å². The van der Waals surface area contributed by atoms with Crippen LogP contribution in [0.5, 0.6) is 0 Å². The molecule has 0 spiro atoms. The third-order valence-electron chi connectivity index (χ3n) is 5.50. The first-order chi connectivity index (χ1) is 14.6. The summed E-state index contributed by atoms with van der Waals surface area (Å²) in [4.78, 5) is 23.3. The van der Waals surface area contributed by atoms with Crippen molar-refractivity contribution in [1.82, 2.24) is 20.0 Å². The summed E-state index contributed by atoms with van der Waals surface area (Å²) in [6.45, 7) is 4.57. The Labute approximate surface area is 181 Å². The van der Waals surface area contributed by atoms with Crippen molar-refractivity contribution >= 4 is 35.0 Å². The lowest BCUT2D eigenvalue weighted by Crippen LogP contribution is -2.55. The van der Waals surface area contributed by atoms with E-state index < -0.39 is 0 Å². The Hall–Kier alpha value is -2.68. The maximum atomic E-state index is 12.7. The second-order valence-corrected chi connectivity index (χ2v) is 8.73. The van der Waals surface area contributed by atoms with E-state index in [-0.39, 0.29) is 5.91 Å². The number of amides is 1. The van der Waals surface area contributed by atoms with Gasteiger partial charge in [0, 0.05) is 70.2 Å². The first-order valence-electron chi connectivity index (χ1n) is 10.3. The van der Waals surface area contributed by atoms with Crippen LogP contribution < -0.4 is 15.1 Å². The van der Waals surface area contributed by atoms with Gasteiger partial charge in [-0.2, -0.15) is 16.9 Å². The molecule has 2 aliphatic rings. The van der Waals surface area contributed by atoms with Crippen LogP contribution in [0.2, 0.25) is 0 Å². The quantitative estimate of drug-likeness (QED) is 0.588. The maximum Gasteiger partial charge on any atom is 0.246 e. The molecule has 2 aliphatic heterocycles. The Morgan fingerprint density at radius 1 is 1.13 bits per heavy atom. The number of hydrogen-bond acceptors (Lipinski definition) is 5. The van der Waals surface area contributed by atoms with E-state index in [1.165, 1.54) is 22.8 Å². The topological polar surface area (TPSA) is 69.0 Å². The van der Waals surface area contributed by atoms with Gasteiger partial charge in [0.05, 0.1) is 11.9 Å². The fourth-order valence-corrected chi connectivity index (χ4v) is 4.74. The van der Waals surface area contributed by atoms with Gasteiger partial charge in [-0.1, -0.05) is 12.1 Å². The molecule has 0 radical (unpaired) electrons. The van der Waals surface area contributed by atoms with E-state index in [2.05, 4.69) is 44.6 Å². The summed E-state index contributed by atoms with van der Waals surface area (Å²) in [5, 5.41) is 7.57. The van der Waals surface area contributed by atoms with Gasteiger partial charge >= 0.3 is 0 Å². The zero-order valence-electron chi connectivity index (χ0n) is 17.6. The molecule has 1 amide bonds. The first kappa shape index (κ1) is 20.6. The maximum absolute atomic E-state index is 12.7. The lowest BCUT2D eigenvalue weighted by atomic mass is 10.2. The Morgan fingerprint density at radius 2 is 1.90 bits per heavy atom. The predicted octanol–water partition coefficient (Wildman–Crippen LogP) is 1.40. The molecule has 4 rings (SSSR count). The lowest BCUT2D eigenvalue weighted by Gasteiger charge is -2.35. The molecule has 30 heavy (non-hydrogen) atoms. The van der Waals surface area contributed by atoms with Gasteiger partial charge in [-0.05, 0) is 17.7 Å². The van der Waals surface area contributed by atoms with E-state index in [0.717, 1.165) is 31.3 Å². The van der Waals surface area contributed by atoms with Crippen LogP contribution in [0.1, 0.15) is 5.56 Å². The second-order valence-electron chi connectivity index (χ2n) is 7.51. The molecule has 9 heteroatoms. The molecule has 3 heterocycles. The van der Waals surface area contributed by atoms with E-state index in [9.17, 15) is 4.79 Å². The zero-order chi connectivity index (χ0) is 20.9. The number of benzene rings is 1. The van der Waals surface area contributed by atoms with E-state index in [4.69, 9.17) is 0 Å². The molecule has 2 saturated heterocycles. The highest BCUT2D eigenvalue weighted by molar-refractivity contribution is 7.99. The fraction of sp³-hybridized carbons (Fsp3) is 0.476. The van der Waals surface area contributed by atoms with Crippen molar-refractivity contribution in [3.8, 4) is 0 Å². The summed E-state index contributed by atoms with van der Waals surface area (Å²) < 4.78 is 1.71. The predicted molar refractivity (Wildman–Crippen MR) is 123 cm³/mol. The van der Waals surface area contributed by atoms with Crippen LogP contribution in [0.4, 0.5) is 11.4 Å². The van der Waals surface area contributed by atoms with E-state index in [1.807, 2.05) is 29.9 Å². The summed E-state index contributed by atoms with van der Waals surface area (Å²) >= 11 is 2.02. The Morgan fingerprint density at radius 3 is 2.53 bits per heavy atom. The van der Waals surface area contributed by atoms with E-state index >= 15 is 0 Å². The molecular weight excluding hydrogens is 398 g/mol. The average Bonchev–Trinajstić information content (AvgIpc) is 3.21. The SMILES string of the molecule is CN=C(NCc1ccc(N2CCSCC2)cc1)N1CCN(c2cnn(C)c2)C(=O)C1. The number of piperazine rings is 1. The van der Waals surface area contributed by atoms with Gasteiger partial charge in [0.15, 0.2) is 5.96 Å². The highest BCUT2D eigenvalue weighted by Gasteiger charge is 2.27. The minimum Gasteiger partial charge on any atom is -0.370 e. The van der Waals surface area contributed by atoms with Gasteiger partial charge in [-0.3, -0.25) is 14.5 Å². The molecular formula is C21H29N7OS. The summed E-state index contributed by atoms with van der Waals surface area (Å²) in [7, 11) is 3.62. The van der Waals surface area contributed by atoms with Crippen LogP contribution in [0.15, 0.2) is 41.7 Å². The number of anilines is 2. The van der Waals surface area contributed by atoms with Crippen LogP contribution in [0.3, 0.4) is 0 Å². The number of carbonyl (C=O) groups is 1. The largest absolute Gasteiger partial charge is 0.370 e. The molecule has 0 unspecified atom stereocenters. The molecule has 0 atom stereocenters. The van der Waals surface area contributed by atoms with Crippen LogP contribution in [-0.4, -0.2) is 77.8 Å². The number of carbonyl (C=O) groups excluding carboxylic acids is 1. The minimum absolute atomic E-state index is 0.0567. The molecule has 8 nitrogen and oxygen atoms in total. The van der Waals surface area contributed by atoms with Crippen LogP contribution in [-0.2, 0) is 18.4 Å². The van der Waals surface area contributed by atoms with Gasteiger partial charge < -0.3 is 20.0 Å². The van der Waals surface area contributed by atoms with Crippen molar-refractivity contribution in [3.63, 3.8) is 0 Å². The van der Waals surface area contributed by atoms with E-state index in [1.54, 1.807) is 22.8 Å². The highest BCUT2D eigenvalue weighted by atomic mass is 32.2. The number of thioether (sulfide) groups is 1. The molecule has 1 aromatic carbocycles. The number of rotatable bonds is 4. The zero-order valence-corrected chi connectivity index (χ0v) is 18.4. The smallest absolute Gasteiger partial charge is 0.246 e. The normalized spacial score (nSPS) is 18.1. The summed E-state index contributed by atoms with van der Waals surface area (Å²) in [5.41, 5.74) is 3.34. The minimum atomic E-state index is 0.0567. The van der Waals surface area contributed by atoms with Crippen molar-refractivity contribution in [2.24, 2.45) is 12.0 Å². The molecule has 2 fully saturated rings. The third kappa shape index (κ3) is 4.72. The monoisotopic (exact) mass is 427 g/mol. The third-order valence-corrected chi connectivity index (χ3v) is 6.44. The summed E-state index contributed by atoms with van der Waals surface area (Å²) in [6, 6.07) is 8.74. The number of nitrogens with one attached hydrogen (secondary N) is 1. The first-order valence-corrected chi connectivity index (χ1v) is 11.5. The number of nitrogens with zero attached hydrogens (tertiary/aromatic N) is 6. The summed E-state index contributed by atoms with van der Waals surface area (Å²) in [5.74, 6) is 3.21. The average molecular weight is 428 g/mol. The molecule has 0 aliphatic carbocycles. The van der Waals surface area contributed by atoms with Gasteiger partial charge in [-0.25, -0.2) is 0 Å². The Balaban J connectivity index is 1.31. The number of hydrogen-bond donors (Lipinski definition) is 1. The fourth-order valence-electron chi connectivity index (χ4n) is 3.83. The number of aryl methyl sites for hydroxylation is 1. The molecule has 1 N–H and O–H groups in total. The molecule has 160 valence electrons. The van der Waals surface area contributed by atoms with Gasteiger partial charge in [-0.15, -0.1) is 0 Å². The second kappa shape index (κ2) is 9.42. The van der Waals surface area contributed by atoms with Crippen molar-refractivity contribution < 1.29 is 4.79 Å². The standard InChI is InChI=1S/C21H29N7OS/c1-22-21(27-7-8-28(20(29)16-27)19-14-24-25(2)15-19)23-13-17-3-5-18(6-4-17)26-9-11-30-12-10-26/h3-6,14-15H,7-13,16H2,1-2H3,(H,22,23). The molecule has 0 saturated carbocycles. The number of aliphatic imine (C=N–C) groups is 1. The van der Waals surface area contributed by atoms with Crippen LogP contribution >= 0.6 is 11.8 Å². The van der Waals surface area contributed by atoms with E-state index in [0.29, 0.717) is 19.6 Å². The lowest BCUT2D eigenvalue weighted by molar-refractivity contribution is -0.120. The molecule has 0 bridgehead atoms. The highest BCUT2D eigenvalue weighted by Crippen LogP contribution is 2.20. The van der Waals surface area contributed by atoms with Crippen molar-refractivity contribution in [1.29, 1.82) is 0 Å². The Bertz CT molecular complexity index is 889. The van der Waals surface area contributed by atoms with Crippen LogP contribution in [0.25, 0.3) is 0 Å². The van der Waals surface area contributed by atoms with Crippen LogP contribution in [0, 0.1) is 0 Å². The van der Waals surface area contributed by atoms with Crippen molar-refractivity contribution in [2.75, 3.05) is 61.1 Å². The molecule has 1 aromatic heterocycles. The summed E-state index contributed by atoms with van der Waals surface area (Å²) in [6.07, 6.45) is 3.60. The van der Waals surface area contributed by atoms with Gasteiger partial charge in [0.25, 0.3) is 0 Å². The van der Waals surface area contributed by atoms with Crippen molar-refractivity contribution in [3.05, 3.63) is 42.2 Å². The molecule has 2 aromatic rings. The van der Waals surface area contributed by atoms with Crippen molar-refractivity contribution in [2.45, 2.75) is 6.54 Å².